The molecule has 5 aliphatic rings. The quantitative estimate of drug-likeness (QED) is 0.240. The lowest BCUT2D eigenvalue weighted by Crippen LogP contribution is -2.63. The van der Waals surface area contributed by atoms with Crippen LogP contribution < -0.4 is 30.5 Å². The number of imide groups is 1. The molecule has 5 aliphatic heterocycles. The van der Waals surface area contributed by atoms with Crippen molar-refractivity contribution < 1.29 is 19.1 Å². The lowest BCUT2D eigenvalue weighted by Gasteiger charge is -2.49. The highest BCUT2D eigenvalue weighted by Gasteiger charge is 2.35. The Labute approximate surface area is 313 Å². The number of carbonyl (C=O) groups is 3. The Kier molecular flexibility index (Phi) is 8.97. The fraction of sp³-hybridized carbons (Fsp3) is 0.400. The van der Waals surface area contributed by atoms with Gasteiger partial charge in [-0.2, -0.15) is 0 Å². The van der Waals surface area contributed by atoms with Gasteiger partial charge in [-0.3, -0.25) is 24.6 Å². The monoisotopic (exact) mass is 728 g/mol. The first-order chi connectivity index (χ1) is 26.4. The number of piperazine rings is 1. The predicted molar refractivity (Wildman–Crippen MR) is 205 cm³/mol. The number of hydrogen-bond acceptors (Lipinski definition) is 12. The Bertz CT molecular complexity index is 2080. The van der Waals surface area contributed by atoms with E-state index in [-0.39, 0.29) is 23.6 Å². The van der Waals surface area contributed by atoms with Crippen LogP contribution in [0.25, 0.3) is 0 Å². The highest BCUT2D eigenvalue weighted by molar-refractivity contribution is 6.01. The summed E-state index contributed by atoms with van der Waals surface area (Å²) in [5.74, 6) is 0.578. The van der Waals surface area contributed by atoms with Crippen LogP contribution in [0.15, 0.2) is 60.9 Å². The van der Waals surface area contributed by atoms with Crippen LogP contribution in [0.2, 0.25) is 0 Å². The molecule has 0 bridgehead atoms. The predicted octanol–water partition coefficient (Wildman–Crippen LogP) is 3.46. The van der Waals surface area contributed by atoms with Crippen LogP contribution in [0, 0.1) is 6.92 Å². The van der Waals surface area contributed by atoms with E-state index in [1.807, 2.05) is 53.7 Å². The van der Waals surface area contributed by atoms with Gasteiger partial charge in [0.25, 0.3) is 5.91 Å². The average Bonchev–Trinajstić information content (AvgIpc) is 3.18. The zero-order chi connectivity index (χ0) is 36.8. The normalized spacial score (nSPS) is 20.2. The number of carbonyl (C=O) groups excluding carboxylic acids is 3. The van der Waals surface area contributed by atoms with Gasteiger partial charge in [0.15, 0.2) is 0 Å². The standard InChI is InChI=1S/C40H44N10O4/c1-25-34(21-42-38-36(25)41-13-19-54-38)49-14-12-28-20-43-40(45-33(28)24-49)44-29-6-2-27(3-7-29)39(53)48-17-15-47(16-18-48)31-22-50(23-31)30-8-4-26(5-9-30)32-10-11-35(51)46-37(32)52/h2-9,20-21,31-32,41H,10-19,22-24H2,1H3,(H,43,44,45)(H,46,51,52). The zero-order valence-electron chi connectivity index (χ0n) is 30.4. The Morgan fingerprint density at radius 3 is 2.48 bits per heavy atom. The maximum Gasteiger partial charge on any atom is 0.253 e. The van der Waals surface area contributed by atoms with Crippen LogP contribution in [-0.2, 0) is 22.6 Å². The van der Waals surface area contributed by atoms with Crippen molar-refractivity contribution in [3.8, 4) is 5.88 Å². The fourth-order valence-electron chi connectivity index (χ4n) is 8.22. The van der Waals surface area contributed by atoms with Crippen molar-refractivity contribution in [3.05, 3.63) is 88.9 Å². The summed E-state index contributed by atoms with van der Waals surface area (Å²) in [6.45, 7) is 9.98. The molecule has 278 valence electrons. The van der Waals surface area contributed by atoms with Crippen molar-refractivity contribution >= 4 is 46.4 Å². The Morgan fingerprint density at radius 2 is 1.70 bits per heavy atom. The number of benzene rings is 2. The maximum absolute atomic E-state index is 13.4. The number of pyridine rings is 1. The number of amides is 3. The van der Waals surface area contributed by atoms with Gasteiger partial charge in [-0.1, -0.05) is 12.1 Å². The summed E-state index contributed by atoms with van der Waals surface area (Å²) in [6, 6.07) is 16.2. The molecule has 0 saturated carbocycles. The van der Waals surface area contributed by atoms with Gasteiger partial charge in [0.2, 0.25) is 23.6 Å². The molecule has 9 rings (SSSR count). The fourth-order valence-corrected chi connectivity index (χ4v) is 8.22. The van der Waals surface area contributed by atoms with Crippen LogP contribution in [0.3, 0.4) is 0 Å². The molecule has 14 heteroatoms. The summed E-state index contributed by atoms with van der Waals surface area (Å²) in [7, 11) is 0. The SMILES string of the molecule is Cc1c(N2CCc3cnc(Nc4ccc(C(=O)N5CCN(C6CN(c7ccc(C8CCC(=O)NC8=O)cc7)C6)CC5)cc4)nc3C2)cnc2c1NCCO2. The second-order valence-corrected chi connectivity index (χ2v) is 14.7. The Hall–Kier alpha value is -5.76. The molecule has 1 atom stereocenters. The number of aromatic nitrogens is 3. The number of nitrogens with one attached hydrogen (secondary N) is 3. The summed E-state index contributed by atoms with van der Waals surface area (Å²) >= 11 is 0. The number of fused-ring (bicyclic) bond motifs is 2. The summed E-state index contributed by atoms with van der Waals surface area (Å²) in [4.78, 5) is 60.3. The van der Waals surface area contributed by atoms with E-state index in [0.717, 1.165) is 90.8 Å². The lowest BCUT2D eigenvalue weighted by atomic mass is 9.90. The van der Waals surface area contributed by atoms with Crippen molar-refractivity contribution in [3.63, 3.8) is 0 Å². The average molecular weight is 729 g/mol. The number of ether oxygens (including phenoxy) is 1. The van der Waals surface area contributed by atoms with Gasteiger partial charge in [-0.15, -0.1) is 0 Å². The van der Waals surface area contributed by atoms with Gasteiger partial charge >= 0.3 is 0 Å². The van der Waals surface area contributed by atoms with Gasteiger partial charge in [0, 0.05) is 93.5 Å². The molecule has 4 aromatic rings. The molecule has 14 nitrogen and oxygen atoms in total. The molecule has 3 amide bonds. The summed E-state index contributed by atoms with van der Waals surface area (Å²) in [5.41, 5.74) is 8.90. The molecule has 7 heterocycles. The smallest absolute Gasteiger partial charge is 0.253 e. The first kappa shape index (κ1) is 34.0. The molecule has 3 saturated heterocycles. The zero-order valence-corrected chi connectivity index (χ0v) is 30.4. The molecule has 2 aromatic heterocycles. The minimum absolute atomic E-state index is 0.0476. The van der Waals surface area contributed by atoms with E-state index < -0.39 is 0 Å². The lowest BCUT2D eigenvalue weighted by molar-refractivity contribution is -0.134. The van der Waals surface area contributed by atoms with Crippen molar-refractivity contribution in [2.45, 2.75) is 44.7 Å². The van der Waals surface area contributed by atoms with E-state index in [1.165, 1.54) is 0 Å². The van der Waals surface area contributed by atoms with E-state index in [4.69, 9.17) is 9.72 Å². The number of piperidine rings is 1. The summed E-state index contributed by atoms with van der Waals surface area (Å²) in [5, 5.41) is 9.21. The summed E-state index contributed by atoms with van der Waals surface area (Å²) in [6.07, 6.45) is 5.60. The van der Waals surface area contributed by atoms with Crippen LogP contribution >= 0.6 is 0 Å². The second-order valence-electron chi connectivity index (χ2n) is 14.7. The van der Waals surface area contributed by atoms with E-state index in [1.54, 1.807) is 0 Å². The Morgan fingerprint density at radius 1 is 0.907 bits per heavy atom. The van der Waals surface area contributed by atoms with E-state index in [2.05, 4.69) is 59.7 Å². The molecular weight excluding hydrogens is 685 g/mol. The highest BCUT2D eigenvalue weighted by atomic mass is 16.5. The molecule has 3 N–H and O–H groups in total. The number of nitrogens with zero attached hydrogens (tertiary/aromatic N) is 7. The second kappa shape index (κ2) is 14.2. The molecule has 0 aliphatic carbocycles. The third kappa shape index (κ3) is 6.66. The van der Waals surface area contributed by atoms with Gasteiger partial charge < -0.3 is 30.1 Å². The topological polar surface area (TPSA) is 148 Å². The van der Waals surface area contributed by atoms with Gasteiger partial charge in [-0.25, -0.2) is 15.0 Å². The van der Waals surface area contributed by atoms with Crippen LogP contribution in [0.5, 0.6) is 5.88 Å². The van der Waals surface area contributed by atoms with Crippen molar-refractivity contribution in [2.24, 2.45) is 0 Å². The largest absolute Gasteiger partial charge is 0.474 e. The molecule has 0 spiro atoms. The molecule has 1 unspecified atom stereocenters. The van der Waals surface area contributed by atoms with Crippen molar-refractivity contribution in [1.82, 2.24) is 30.1 Å². The molecule has 2 aromatic carbocycles. The maximum atomic E-state index is 13.4. The van der Waals surface area contributed by atoms with Gasteiger partial charge in [0.1, 0.15) is 12.3 Å². The van der Waals surface area contributed by atoms with E-state index >= 15 is 0 Å². The highest BCUT2D eigenvalue weighted by Crippen LogP contribution is 2.36. The first-order valence-electron chi connectivity index (χ1n) is 18.9. The van der Waals surface area contributed by atoms with Crippen LogP contribution in [0.1, 0.15) is 51.5 Å². The molecule has 3 fully saturated rings. The minimum Gasteiger partial charge on any atom is -0.474 e. The first-order valence-corrected chi connectivity index (χ1v) is 18.9. The number of anilines is 5. The van der Waals surface area contributed by atoms with E-state index in [0.29, 0.717) is 62.5 Å². The van der Waals surface area contributed by atoms with Crippen molar-refractivity contribution in [1.29, 1.82) is 0 Å². The number of hydrogen-bond donors (Lipinski definition) is 3. The minimum atomic E-state index is -0.264. The molecule has 0 radical (unpaired) electrons. The van der Waals surface area contributed by atoms with Crippen LogP contribution in [0.4, 0.5) is 28.7 Å². The third-order valence-corrected chi connectivity index (χ3v) is 11.5. The Balaban J connectivity index is 0.753. The van der Waals surface area contributed by atoms with Crippen LogP contribution in [-0.4, -0.2) is 107 Å². The molecular formula is C40H44N10O4. The third-order valence-electron chi connectivity index (χ3n) is 11.5. The van der Waals surface area contributed by atoms with Gasteiger partial charge in [0.05, 0.1) is 30.0 Å². The van der Waals surface area contributed by atoms with Crippen molar-refractivity contribution in [2.75, 3.05) is 79.4 Å². The van der Waals surface area contributed by atoms with Gasteiger partial charge in [-0.05, 0) is 67.3 Å². The van der Waals surface area contributed by atoms with E-state index in [9.17, 15) is 14.4 Å². The molecule has 54 heavy (non-hydrogen) atoms. The number of rotatable bonds is 7. The summed E-state index contributed by atoms with van der Waals surface area (Å²) < 4.78 is 5.72.